The number of carbonyl (C=O) groups is 1. The Kier molecular flexibility index (Phi) is 3.50. The summed E-state index contributed by atoms with van der Waals surface area (Å²) in [6.07, 6.45) is 0. The minimum absolute atomic E-state index is 0.00750. The summed E-state index contributed by atoms with van der Waals surface area (Å²) in [6, 6.07) is 6.59. The highest BCUT2D eigenvalue weighted by Crippen LogP contribution is 2.36. The molecule has 1 aromatic carbocycles. The predicted molar refractivity (Wildman–Crippen MR) is 72.6 cm³/mol. The van der Waals surface area contributed by atoms with Gasteiger partial charge in [0.05, 0.1) is 5.52 Å². The Balaban J connectivity index is 2.59. The average Bonchev–Trinajstić information content (AvgIpc) is 2.64. The Bertz CT molecular complexity index is 631. The number of nitrogens with one attached hydrogen (secondary N) is 2. The van der Waals surface area contributed by atoms with E-state index in [1.54, 1.807) is 4.57 Å². The third-order valence-corrected chi connectivity index (χ3v) is 2.82. The Labute approximate surface area is 110 Å². The van der Waals surface area contributed by atoms with Crippen molar-refractivity contribution in [1.82, 2.24) is 4.57 Å². The zero-order valence-electron chi connectivity index (χ0n) is 10.8. The van der Waals surface area contributed by atoms with Gasteiger partial charge in [0.15, 0.2) is 0 Å². The Morgan fingerprint density at radius 1 is 1.47 bits per heavy atom. The number of benzene rings is 1. The summed E-state index contributed by atoms with van der Waals surface area (Å²) in [5.41, 5.74) is 7.83. The van der Waals surface area contributed by atoms with Crippen LogP contribution in [0.25, 0.3) is 10.9 Å². The number of hydrogen-bond acceptors (Lipinski definition) is 3. The van der Waals surface area contributed by atoms with Crippen LogP contribution in [0.3, 0.4) is 0 Å². The Morgan fingerprint density at radius 3 is 2.79 bits per heavy atom. The average molecular weight is 260 g/mol. The van der Waals surface area contributed by atoms with Gasteiger partial charge in [-0.2, -0.15) is 5.53 Å². The van der Waals surface area contributed by atoms with Gasteiger partial charge in [-0.1, -0.05) is 37.2 Å². The molecule has 0 radical (unpaired) electrons. The monoisotopic (exact) mass is 260 g/mol. The van der Waals surface area contributed by atoms with Gasteiger partial charge in [-0.25, -0.2) is 4.79 Å². The first kappa shape index (κ1) is 13.1. The molecule has 2 rings (SSSR count). The van der Waals surface area contributed by atoms with E-state index in [1.165, 1.54) is 0 Å². The van der Waals surface area contributed by atoms with Crippen LogP contribution >= 0.6 is 0 Å². The molecule has 19 heavy (non-hydrogen) atoms. The van der Waals surface area contributed by atoms with Gasteiger partial charge in [0.1, 0.15) is 5.69 Å². The minimum atomic E-state index is -0.803. The fraction of sp³-hybridized carbons (Fsp3) is 0.308. The van der Waals surface area contributed by atoms with Crippen molar-refractivity contribution in [3.63, 3.8) is 0 Å². The summed E-state index contributed by atoms with van der Waals surface area (Å²) in [7, 11) is 0. The van der Waals surface area contributed by atoms with Crippen LogP contribution in [-0.4, -0.2) is 15.7 Å². The summed E-state index contributed by atoms with van der Waals surface area (Å²) in [5.74, 6) is 0.345. The van der Waals surface area contributed by atoms with Crippen molar-refractivity contribution in [1.29, 1.82) is 5.53 Å². The molecular weight excluding hydrogens is 244 g/mol. The lowest BCUT2D eigenvalue weighted by molar-refractivity contribution is 0.257. The number of amides is 2. The topological polar surface area (TPSA) is 90.5 Å². The molecule has 0 aliphatic carbocycles. The molecule has 0 unspecified atom stereocenters. The molecule has 0 aliphatic heterocycles. The highest BCUT2D eigenvalue weighted by Gasteiger charge is 2.18. The molecule has 6 heteroatoms. The van der Waals surface area contributed by atoms with E-state index >= 15 is 0 Å². The Morgan fingerprint density at radius 2 is 2.16 bits per heavy atom. The van der Waals surface area contributed by atoms with Crippen molar-refractivity contribution in [2.75, 3.05) is 5.32 Å². The predicted octanol–water partition coefficient (Wildman–Crippen LogP) is 3.57. The molecule has 0 spiro atoms. The molecule has 2 amide bonds. The van der Waals surface area contributed by atoms with Gasteiger partial charge >= 0.3 is 6.03 Å². The summed E-state index contributed by atoms with van der Waals surface area (Å²) in [5, 5.41) is 16.2. The number of para-hydroxylation sites is 1. The normalized spacial score (nSPS) is 10.9. The number of aromatic nitrogens is 1. The summed E-state index contributed by atoms with van der Waals surface area (Å²) < 4.78 is 1.75. The fourth-order valence-corrected chi connectivity index (χ4v) is 2.10. The van der Waals surface area contributed by atoms with Gasteiger partial charge in [0.25, 0.3) is 0 Å². The lowest BCUT2D eigenvalue weighted by Crippen LogP contribution is -2.06. The van der Waals surface area contributed by atoms with Crippen LogP contribution in [0.2, 0.25) is 0 Å². The number of urea groups is 1. The zero-order valence-corrected chi connectivity index (χ0v) is 10.8. The van der Waals surface area contributed by atoms with E-state index in [4.69, 9.17) is 5.53 Å². The van der Waals surface area contributed by atoms with Crippen LogP contribution < -0.4 is 5.32 Å². The van der Waals surface area contributed by atoms with Crippen LogP contribution in [0, 0.1) is 11.4 Å². The maximum atomic E-state index is 11.2. The number of fused-ring (bicyclic) bond motifs is 1. The molecule has 1 aromatic heterocycles. The lowest BCUT2D eigenvalue weighted by atomic mass is 10.2. The second-order valence-electron chi connectivity index (χ2n) is 4.76. The molecule has 0 bridgehead atoms. The lowest BCUT2D eigenvalue weighted by Gasteiger charge is -2.09. The summed E-state index contributed by atoms with van der Waals surface area (Å²) >= 11 is 0. The van der Waals surface area contributed by atoms with E-state index in [0.29, 0.717) is 18.2 Å². The molecule has 100 valence electrons. The van der Waals surface area contributed by atoms with Crippen molar-refractivity contribution in [2.24, 2.45) is 11.0 Å². The number of hydrogen-bond donors (Lipinski definition) is 3. The van der Waals surface area contributed by atoms with Crippen LogP contribution in [0.5, 0.6) is 5.88 Å². The van der Waals surface area contributed by atoms with Crippen molar-refractivity contribution in [3.05, 3.63) is 24.3 Å². The fourth-order valence-electron chi connectivity index (χ4n) is 2.10. The molecular formula is C13H16N4O2. The van der Waals surface area contributed by atoms with Crippen molar-refractivity contribution in [3.8, 4) is 5.88 Å². The van der Waals surface area contributed by atoms with Crippen molar-refractivity contribution >= 4 is 22.6 Å². The highest BCUT2D eigenvalue weighted by molar-refractivity contribution is 6.04. The zero-order chi connectivity index (χ0) is 14.0. The molecule has 0 atom stereocenters. The second kappa shape index (κ2) is 5.09. The van der Waals surface area contributed by atoms with Crippen molar-refractivity contribution < 1.29 is 9.90 Å². The first-order chi connectivity index (χ1) is 9.04. The van der Waals surface area contributed by atoms with E-state index in [2.05, 4.69) is 10.4 Å². The standard InChI is InChI=1S/C13H16N4O2/c1-8(2)7-17-10-6-4-3-5-9(10)11(12(17)18)15-13(19)16-14/h3-6,8,14,18H,7H2,1-2H3,(H,15,19). The molecule has 3 N–H and O–H groups in total. The van der Waals surface area contributed by atoms with Gasteiger partial charge in [-0.05, 0) is 12.0 Å². The first-order valence-corrected chi connectivity index (χ1v) is 6.03. The van der Waals surface area contributed by atoms with Crippen LogP contribution in [-0.2, 0) is 6.54 Å². The number of nitrogens with zero attached hydrogens (tertiary/aromatic N) is 2. The number of anilines is 1. The molecule has 0 saturated heterocycles. The van der Waals surface area contributed by atoms with E-state index in [1.807, 2.05) is 38.1 Å². The van der Waals surface area contributed by atoms with Crippen molar-refractivity contribution in [2.45, 2.75) is 20.4 Å². The van der Waals surface area contributed by atoms with Gasteiger partial charge < -0.3 is 9.67 Å². The second-order valence-corrected chi connectivity index (χ2v) is 4.76. The molecule has 0 saturated carbocycles. The molecule has 0 aliphatic rings. The highest BCUT2D eigenvalue weighted by atomic mass is 16.3. The van der Waals surface area contributed by atoms with Crippen LogP contribution in [0.1, 0.15) is 13.8 Å². The number of rotatable bonds is 3. The maximum absolute atomic E-state index is 11.2. The smallest absolute Gasteiger partial charge is 0.363 e. The minimum Gasteiger partial charge on any atom is -0.493 e. The largest absolute Gasteiger partial charge is 0.493 e. The van der Waals surface area contributed by atoms with E-state index < -0.39 is 6.03 Å². The van der Waals surface area contributed by atoms with Crippen LogP contribution in [0.4, 0.5) is 10.5 Å². The van der Waals surface area contributed by atoms with Gasteiger partial charge in [-0.3, -0.25) is 5.32 Å². The third kappa shape index (κ3) is 2.42. The van der Waals surface area contributed by atoms with Gasteiger partial charge in [0, 0.05) is 11.9 Å². The summed E-state index contributed by atoms with van der Waals surface area (Å²) in [4.78, 5) is 11.2. The molecule has 6 nitrogen and oxygen atoms in total. The first-order valence-electron chi connectivity index (χ1n) is 6.03. The third-order valence-electron chi connectivity index (χ3n) is 2.82. The SMILES string of the molecule is CC(C)Cn1c(O)c(NC(=O)N=N)c2ccccc21. The van der Waals surface area contributed by atoms with E-state index in [-0.39, 0.29) is 5.88 Å². The van der Waals surface area contributed by atoms with Crippen LogP contribution in [0.15, 0.2) is 29.4 Å². The van der Waals surface area contributed by atoms with E-state index in [9.17, 15) is 9.90 Å². The number of carbonyl (C=O) groups excluding carboxylic acids is 1. The summed E-state index contributed by atoms with van der Waals surface area (Å²) in [6.45, 7) is 4.73. The maximum Gasteiger partial charge on any atom is 0.363 e. The van der Waals surface area contributed by atoms with Gasteiger partial charge in [-0.15, -0.1) is 0 Å². The molecule has 0 fully saturated rings. The molecule has 2 aromatic rings. The number of aromatic hydroxyl groups is 1. The quantitative estimate of drug-likeness (QED) is 0.736. The Hall–Kier alpha value is -2.37. The molecule has 1 heterocycles. The van der Waals surface area contributed by atoms with E-state index in [0.717, 1.165) is 10.9 Å². The van der Waals surface area contributed by atoms with Gasteiger partial charge in [0.2, 0.25) is 5.88 Å².